The lowest BCUT2D eigenvalue weighted by Gasteiger charge is -2.35. The van der Waals surface area contributed by atoms with Gasteiger partial charge in [0.25, 0.3) is 11.8 Å². The standard InChI is InChI=1S/C63H84N8O15S.C33H56N4O11S/c1-8-43-28-47-36-65-52-34-56(54(77-5)32-50(52)61(75)70(47)38-43)85-40-45-30-49(31-46(67-45)41-86-57-35-53-51(33-55(57)78-6)62(76)71-39-44(9-2)29-48(71)37-66-53)84-21-18-68-14-16-69(17-15-68)59(73)10-12-63(3,4)87-42-58(72)64-13-20-81-23-25-83-27-26-82-24-22-80-19-11-60(74)79-7;1-33(2,49-26-30(40)34-7-14-45-17-19-47-21-20-46-18-16-44-13-5-32(42)43-3)6-4-31(41)37-10-8-36(9-11-37)12-15-48-29-22-27(24-38)35-28(23-29)25-39/h8-9,30-37,47-48H,10-29,38-42H2,1-7H3,(H,64,72);22-23,38-39H,4-21,24-26H2,1-3H3,(H,34,40)/b43-8+,44-9+;/t47-,48-;/m0./s1. The van der Waals surface area contributed by atoms with Crippen molar-refractivity contribution in [2.45, 2.75) is 141 Å². The summed E-state index contributed by atoms with van der Waals surface area (Å²) in [5.74, 6) is 2.47. The SMILES string of the molecule is C/C=C1\C[C@H]2C=Nc3cc(OCc4cc(OCCN5CCN(C(=O)CCC(C)(C)SCC(=O)NCCOCCOCCOCCOCCC(=O)OC)CC5)cc(COc5cc6c(cc5OC)C(=O)N5C/C(=C/C)C[C@H]5C=N6)n4)c(OC)cc3C(=O)N2C1.COC(=O)CCOCCOCCOCCOCCNC(=O)CSC(C)(C)CCC(=O)N1CCN(CCOc2cc(CO)nc(CO)c2)CC1. The number of aliphatic hydroxyl groups is 2. The van der Waals surface area contributed by atoms with Crippen molar-refractivity contribution in [3.63, 3.8) is 0 Å². The summed E-state index contributed by atoms with van der Waals surface area (Å²) in [6.07, 6.45) is 11.8. The number of hydrogen-bond donors (Lipinski definition) is 4. The lowest BCUT2D eigenvalue weighted by atomic mass is 10.1. The minimum Gasteiger partial charge on any atom is -0.493 e. The summed E-state index contributed by atoms with van der Waals surface area (Å²) in [4.78, 5) is 131. The van der Waals surface area contributed by atoms with Gasteiger partial charge < -0.3 is 116 Å². The van der Waals surface area contributed by atoms with Crippen LogP contribution < -0.4 is 39.1 Å². The number of ether oxygens (including phenoxy) is 16. The Balaban J connectivity index is 0.000000359. The van der Waals surface area contributed by atoms with E-state index < -0.39 is 0 Å². The zero-order chi connectivity index (χ0) is 97.5. The van der Waals surface area contributed by atoms with Gasteiger partial charge in [-0.1, -0.05) is 51.0 Å². The van der Waals surface area contributed by atoms with E-state index in [1.54, 1.807) is 48.2 Å². The van der Waals surface area contributed by atoms with Crippen molar-refractivity contribution in [3.8, 4) is 34.5 Å². The number of rotatable bonds is 60. The summed E-state index contributed by atoms with van der Waals surface area (Å²) in [7, 11) is 5.75. The fourth-order valence-corrected chi connectivity index (χ4v) is 16.8. The van der Waals surface area contributed by atoms with Crippen molar-refractivity contribution < 1.29 is 124 Å². The molecule has 0 unspecified atom stereocenters. The highest BCUT2D eigenvalue weighted by Crippen LogP contribution is 2.42. The number of hydrogen-bond acceptors (Lipinski definition) is 34. The van der Waals surface area contributed by atoms with E-state index >= 15 is 0 Å². The van der Waals surface area contributed by atoms with E-state index in [0.29, 0.717) is 309 Å². The number of aliphatic imine (C=N–C) groups is 2. The minimum atomic E-state index is -0.311. The van der Waals surface area contributed by atoms with E-state index in [2.05, 4.69) is 74.7 Å². The number of nitrogens with one attached hydrogen (secondary N) is 2. The Morgan fingerprint density at radius 2 is 0.779 bits per heavy atom. The van der Waals surface area contributed by atoms with Crippen LogP contribution in [0.25, 0.3) is 0 Å². The van der Waals surface area contributed by atoms with Gasteiger partial charge in [0.15, 0.2) is 23.0 Å². The monoisotopic (exact) mass is 1940 g/mol. The predicted octanol–water partition coefficient (Wildman–Crippen LogP) is 7.20. The van der Waals surface area contributed by atoms with Crippen LogP contribution in [0.2, 0.25) is 0 Å². The zero-order valence-corrected chi connectivity index (χ0v) is 82.2. The maximum absolute atomic E-state index is 13.8. The zero-order valence-electron chi connectivity index (χ0n) is 80.6. The highest BCUT2D eigenvalue weighted by molar-refractivity contribution is 8.01. The molecule has 6 aliphatic rings. The lowest BCUT2D eigenvalue weighted by Crippen LogP contribution is -2.49. The van der Waals surface area contributed by atoms with Crippen LogP contribution in [0.15, 0.2) is 81.8 Å². The van der Waals surface area contributed by atoms with Gasteiger partial charge in [0.1, 0.15) is 37.9 Å². The molecule has 4 fully saturated rings. The molecule has 8 heterocycles. The number of aliphatic hydroxyl groups excluding tert-OH is 2. The number of esters is 2. The van der Waals surface area contributed by atoms with Gasteiger partial charge in [-0.2, -0.15) is 0 Å². The van der Waals surface area contributed by atoms with Crippen molar-refractivity contribution in [3.05, 3.63) is 106 Å². The third-order valence-corrected chi connectivity index (χ3v) is 25.9. The largest absolute Gasteiger partial charge is 0.493 e. The normalized spacial score (nSPS) is 16.6. The number of carbonyl (C=O) groups is 8. The third kappa shape index (κ3) is 38.3. The van der Waals surface area contributed by atoms with Crippen LogP contribution in [0, 0.1) is 0 Å². The first-order valence-corrected chi connectivity index (χ1v) is 48.5. The molecule has 0 saturated carbocycles. The van der Waals surface area contributed by atoms with Crippen LogP contribution in [0.4, 0.5) is 11.4 Å². The molecule has 4 N–H and O–H groups in total. The maximum atomic E-state index is 13.8. The average molecular weight is 1940 g/mol. The molecule has 752 valence electrons. The molecule has 136 heavy (non-hydrogen) atoms. The van der Waals surface area contributed by atoms with Crippen LogP contribution in [-0.4, -0.2) is 381 Å². The number of fused-ring (bicyclic) bond motifs is 4. The fourth-order valence-electron chi connectivity index (χ4n) is 15.0. The van der Waals surface area contributed by atoms with Gasteiger partial charge in [0.2, 0.25) is 23.6 Å². The number of aromatic nitrogens is 2. The molecule has 4 saturated heterocycles. The summed E-state index contributed by atoms with van der Waals surface area (Å²) in [6.45, 7) is 27.5. The molecule has 38 nitrogen and oxygen atoms in total. The Morgan fingerprint density at radius 1 is 0.434 bits per heavy atom. The van der Waals surface area contributed by atoms with E-state index in [4.69, 9.17) is 81.3 Å². The molecule has 2 aromatic carbocycles. The van der Waals surface area contributed by atoms with Crippen molar-refractivity contribution in [1.82, 2.24) is 50.0 Å². The van der Waals surface area contributed by atoms with Crippen LogP contribution in [0.1, 0.15) is 136 Å². The first-order chi connectivity index (χ1) is 65.8. The number of pyridine rings is 2. The molecular weight excluding hydrogens is 1800 g/mol. The van der Waals surface area contributed by atoms with Crippen LogP contribution in [0.5, 0.6) is 34.5 Å². The van der Waals surface area contributed by atoms with Crippen molar-refractivity contribution in [2.24, 2.45) is 9.98 Å². The minimum absolute atomic E-state index is 0.0123. The predicted molar refractivity (Wildman–Crippen MR) is 512 cm³/mol. The highest BCUT2D eigenvalue weighted by Gasteiger charge is 2.38. The lowest BCUT2D eigenvalue weighted by molar-refractivity contribution is -0.142. The molecule has 0 bridgehead atoms. The first kappa shape index (κ1) is 110. The summed E-state index contributed by atoms with van der Waals surface area (Å²) < 4.78 is 88.6. The smallest absolute Gasteiger partial charge is 0.307 e. The fraction of sp³-hybridized carbons (Fsp3) is 0.625. The Hall–Kier alpha value is -9.66. The summed E-state index contributed by atoms with van der Waals surface area (Å²) >= 11 is 3.07. The highest BCUT2D eigenvalue weighted by atomic mass is 32.2. The Bertz CT molecular complexity index is 4430. The molecule has 4 aromatic rings. The van der Waals surface area contributed by atoms with Gasteiger partial charge in [-0.15, -0.1) is 23.5 Å². The molecule has 0 spiro atoms. The number of nitrogens with zero attached hydrogens (tertiary/aromatic N) is 10. The number of piperazine rings is 2. The average Bonchev–Trinajstić information content (AvgIpc) is 1.62. The van der Waals surface area contributed by atoms with Crippen molar-refractivity contribution in [1.29, 1.82) is 0 Å². The summed E-state index contributed by atoms with van der Waals surface area (Å²) in [5.41, 5.74) is 6.22. The van der Waals surface area contributed by atoms with E-state index in [9.17, 15) is 48.6 Å². The van der Waals surface area contributed by atoms with Crippen LogP contribution >= 0.6 is 23.5 Å². The van der Waals surface area contributed by atoms with Gasteiger partial charge in [-0.05, 0) is 51.7 Å². The molecule has 2 aromatic heterocycles. The molecule has 6 amide bonds. The number of allylic oxidation sites excluding steroid dienone is 2. The Morgan fingerprint density at radius 3 is 1.12 bits per heavy atom. The van der Waals surface area contributed by atoms with Gasteiger partial charge in [0.05, 0.1) is 229 Å². The topological polar surface area (TPSA) is 419 Å². The van der Waals surface area contributed by atoms with E-state index in [-0.39, 0.29) is 114 Å². The second-order valence-electron chi connectivity index (χ2n) is 33.9. The van der Waals surface area contributed by atoms with Gasteiger partial charge >= 0.3 is 11.9 Å². The van der Waals surface area contributed by atoms with Crippen molar-refractivity contribution in [2.75, 3.05) is 250 Å². The van der Waals surface area contributed by atoms with Gasteiger partial charge in [0, 0.05) is 163 Å². The Kier molecular flexibility index (Phi) is 48.2. The number of thioether (sulfide) groups is 2. The van der Waals surface area contributed by atoms with Crippen molar-refractivity contribution >= 4 is 94.7 Å². The number of benzene rings is 2. The Labute approximate surface area is 806 Å². The van der Waals surface area contributed by atoms with E-state index in [1.165, 1.54) is 51.3 Å². The second kappa shape index (κ2) is 59.6. The van der Waals surface area contributed by atoms with E-state index in [0.717, 1.165) is 25.9 Å². The van der Waals surface area contributed by atoms with Crippen LogP contribution in [0.3, 0.4) is 0 Å². The number of carbonyl (C=O) groups excluding carboxylic acids is 8. The summed E-state index contributed by atoms with van der Waals surface area (Å²) in [6, 6.07) is 13.5. The quantitative estimate of drug-likeness (QED) is 0.0193. The maximum Gasteiger partial charge on any atom is 0.307 e. The molecule has 40 heteroatoms. The molecule has 2 atom stereocenters. The molecule has 0 radical (unpaired) electrons. The summed E-state index contributed by atoms with van der Waals surface area (Å²) in [5, 5.41) is 24.4. The molecule has 6 aliphatic heterocycles. The third-order valence-electron chi connectivity index (χ3n) is 23.1. The van der Waals surface area contributed by atoms with Crippen LogP contribution in [-0.2, 0) is 103 Å². The molecular formula is C96H140N12O26S2. The van der Waals surface area contributed by atoms with E-state index in [1.807, 2.05) is 58.0 Å². The number of amides is 6. The second-order valence-corrected chi connectivity index (χ2v) is 37.2. The molecule has 10 rings (SSSR count). The number of methoxy groups -OCH3 is 4. The van der Waals surface area contributed by atoms with Gasteiger partial charge in [-0.3, -0.25) is 68.1 Å². The van der Waals surface area contributed by atoms with Gasteiger partial charge in [-0.25, -0.2) is 0 Å². The molecule has 0 aliphatic carbocycles. The first-order valence-electron chi connectivity index (χ1n) is 46.6.